The average Bonchev–Trinajstić information content (AvgIpc) is 2.70. The van der Waals surface area contributed by atoms with E-state index in [-0.39, 0.29) is 36.1 Å². The number of pyridine rings is 2. The number of alkyl halides is 2. The van der Waals surface area contributed by atoms with Crippen LogP contribution in [0.5, 0.6) is 0 Å². The molecule has 0 atom stereocenters. The summed E-state index contributed by atoms with van der Waals surface area (Å²) in [5.74, 6) is -4.41. The smallest absolute Gasteiger partial charge is 0.323 e. The Balaban J connectivity index is 1.43. The summed E-state index contributed by atoms with van der Waals surface area (Å²) in [7, 11) is 0. The van der Waals surface area contributed by atoms with Crippen LogP contribution >= 0.6 is 0 Å². The van der Waals surface area contributed by atoms with Crippen LogP contribution in [0, 0.1) is 11.7 Å². The normalized spacial score (nSPS) is 14.3. The molecule has 3 N–H and O–H groups in total. The van der Waals surface area contributed by atoms with Crippen LogP contribution in [0.15, 0.2) is 60.8 Å². The van der Waals surface area contributed by atoms with Crippen LogP contribution in [0.25, 0.3) is 11.3 Å². The van der Waals surface area contributed by atoms with Gasteiger partial charge in [-0.25, -0.2) is 14.2 Å². The molecule has 1 aliphatic heterocycles. The second-order valence-corrected chi connectivity index (χ2v) is 7.01. The topological polar surface area (TPSA) is 84.1 Å². The summed E-state index contributed by atoms with van der Waals surface area (Å²) in [5.41, 5.74) is 6.94. The van der Waals surface area contributed by atoms with Gasteiger partial charge in [-0.1, -0.05) is 6.07 Å². The summed E-state index contributed by atoms with van der Waals surface area (Å²) >= 11 is 0. The van der Waals surface area contributed by atoms with Crippen molar-refractivity contribution in [3.05, 3.63) is 72.3 Å². The molecule has 1 aromatic carbocycles. The quantitative estimate of drug-likeness (QED) is 0.674. The highest BCUT2D eigenvalue weighted by Gasteiger charge is 2.50. The molecule has 1 aliphatic rings. The minimum absolute atomic E-state index is 0.113. The second-order valence-electron chi connectivity index (χ2n) is 7.01. The number of urea groups is 1. The van der Waals surface area contributed by atoms with Crippen molar-refractivity contribution in [1.29, 1.82) is 0 Å². The molecule has 1 saturated heterocycles. The van der Waals surface area contributed by atoms with E-state index < -0.39 is 17.9 Å². The largest absolute Gasteiger partial charge is 0.396 e. The van der Waals surface area contributed by atoms with E-state index in [1.165, 1.54) is 35.4 Å². The molecule has 30 heavy (non-hydrogen) atoms. The number of benzene rings is 1. The fourth-order valence-electron chi connectivity index (χ4n) is 3.17. The number of rotatable bonds is 4. The molecule has 3 heterocycles. The van der Waals surface area contributed by atoms with Gasteiger partial charge in [0.25, 0.3) is 5.92 Å². The predicted molar refractivity (Wildman–Crippen MR) is 106 cm³/mol. The number of nitrogens with one attached hydrogen (secondary N) is 1. The number of amides is 2. The van der Waals surface area contributed by atoms with Crippen molar-refractivity contribution in [3.63, 3.8) is 0 Å². The molecule has 2 aromatic heterocycles. The third-order valence-corrected chi connectivity index (χ3v) is 4.98. The van der Waals surface area contributed by atoms with Crippen LogP contribution in [0.2, 0.25) is 0 Å². The number of likely N-dealkylation sites (tertiary alicyclic amines) is 1. The number of carbonyl (C=O) groups excluding carboxylic acids is 1. The lowest BCUT2D eigenvalue weighted by molar-refractivity contribution is -0.114. The van der Waals surface area contributed by atoms with Gasteiger partial charge in [0.15, 0.2) is 5.82 Å². The fourth-order valence-corrected chi connectivity index (χ4v) is 3.17. The first kappa shape index (κ1) is 19.7. The lowest BCUT2D eigenvalue weighted by Gasteiger charge is -2.42. The highest BCUT2D eigenvalue weighted by molar-refractivity contribution is 5.92. The van der Waals surface area contributed by atoms with Crippen molar-refractivity contribution < 1.29 is 18.0 Å². The SMILES string of the molecule is Nc1ccc(-c2ccc(F)cc2)nc1NC(=O)N1CC(C(F)(F)c2ccccn2)C1. The van der Waals surface area contributed by atoms with Crippen molar-refractivity contribution in [2.24, 2.45) is 5.92 Å². The Bertz CT molecular complexity index is 1050. The first-order chi connectivity index (χ1) is 14.3. The van der Waals surface area contributed by atoms with Gasteiger partial charge >= 0.3 is 6.03 Å². The predicted octanol–water partition coefficient (Wildman–Crippen LogP) is 4.12. The molecule has 0 spiro atoms. The van der Waals surface area contributed by atoms with Gasteiger partial charge < -0.3 is 10.6 Å². The molecule has 0 radical (unpaired) electrons. The van der Waals surface area contributed by atoms with Gasteiger partial charge in [-0.05, 0) is 48.5 Å². The first-order valence-corrected chi connectivity index (χ1v) is 9.22. The number of anilines is 2. The average molecular weight is 413 g/mol. The molecule has 4 rings (SSSR count). The maximum absolute atomic E-state index is 14.5. The summed E-state index contributed by atoms with van der Waals surface area (Å²) in [5, 5.41) is 2.56. The Labute approximate surface area is 170 Å². The van der Waals surface area contributed by atoms with Gasteiger partial charge in [0.1, 0.15) is 11.5 Å². The molecule has 6 nitrogen and oxygen atoms in total. The second kappa shape index (κ2) is 7.66. The highest BCUT2D eigenvalue weighted by Crippen LogP contribution is 2.40. The number of nitrogens with two attached hydrogens (primary N) is 1. The number of nitrogen functional groups attached to an aromatic ring is 1. The lowest BCUT2D eigenvalue weighted by Crippen LogP contribution is -2.57. The van der Waals surface area contributed by atoms with Crippen LogP contribution in [-0.4, -0.2) is 34.0 Å². The summed E-state index contributed by atoms with van der Waals surface area (Å²) in [4.78, 5) is 21.7. The van der Waals surface area contributed by atoms with E-state index in [1.807, 2.05) is 0 Å². The molecule has 0 unspecified atom stereocenters. The minimum atomic E-state index is -3.13. The minimum Gasteiger partial charge on any atom is -0.396 e. The van der Waals surface area contributed by atoms with Crippen LogP contribution in [0.3, 0.4) is 0 Å². The zero-order chi connectivity index (χ0) is 21.3. The van der Waals surface area contributed by atoms with Crippen molar-refractivity contribution in [2.75, 3.05) is 24.1 Å². The van der Waals surface area contributed by atoms with Crippen LogP contribution in [-0.2, 0) is 5.92 Å². The number of halogens is 3. The summed E-state index contributed by atoms with van der Waals surface area (Å²) in [6.07, 6.45) is 1.31. The molecule has 0 bridgehead atoms. The van der Waals surface area contributed by atoms with E-state index in [0.717, 1.165) is 0 Å². The van der Waals surface area contributed by atoms with Crippen molar-refractivity contribution in [2.45, 2.75) is 5.92 Å². The van der Waals surface area contributed by atoms with Crippen molar-refractivity contribution in [1.82, 2.24) is 14.9 Å². The Kier molecular flexibility index (Phi) is 5.03. The summed E-state index contributed by atoms with van der Waals surface area (Å²) in [6.45, 7) is -0.236. The number of nitrogens with zero attached hydrogens (tertiary/aromatic N) is 3. The summed E-state index contributed by atoms with van der Waals surface area (Å²) < 4.78 is 42.2. The Morgan fingerprint density at radius 2 is 1.83 bits per heavy atom. The van der Waals surface area contributed by atoms with Crippen LogP contribution in [0.1, 0.15) is 5.69 Å². The maximum atomic E-state index is 14.5. The highest BCUT2D eigenvalue weighted by atomic mass is 19.3. The molecule has 2 amide bonds. The Hall–Kier alpha value is -3.62. The molecule has 1 fully saturated rings. The number of hydrogen-bond acceptors (Lipinski definition) is 4. The third-order valence-electron chi connectivity index (χ3n) is 4.98. The molecular weight excluding hydrogens is 395 g/mol. The van der Waals surface area contributed by atoms with Gasteiger partial charge in [-0.2, -0.15) is 8.78 Å². The van der Waals surface area contributed by atoms with E-state index in [0.29, 0.717) is 11.3 Å². The fraction of sp³-hybridized carbons (Fsp3) is 0.190. The zero-order valence-electron chi connectivity index (χ0n) is 15.7. The number of aromatic nitrogens is 2. The van der Waals surface area contributed by atoms with E-state index in [1.54, 1.807) is 30.3 Å². The van der Waals surface area contributed by atoms with Gasteiger partial charge in [-0.15, -0.1) is 0 Å². The van der Waals surface area contributed by atoms with Gasteiger partial charge in [-0.3, -0.25) is 10.3 Å². The van der Waals surface area contributed by atoms with E-state index >= 15 is 0 Å². The molecule has 3 aromatic rings. The van der Waals surface area contributed by atoms with Gasteiger partial charge in [0.2, 0.25) is 0 Å². The zero-order valence-corrected chi connectivity index (χ0v) is 15.7. The molecular formula is C21H18F3N5O. The van der Waals surface area contributed by atoms with E-state index in [4.69, 9.17) is 5.73 Å². The van der Waals surface area contributed by atoms with Gasteiger partial charge in [0, 0.05) is 24.8 Å². The number of hydrogen-bond donors (Lipinski definition) is 2. The van der Waals surface area contributed by atoms with Gasteiger partial charge in [0.05, 0.1) is 17.3 Å². The van der Waals surface area contributed by atoms with E-state index in [9.17, 15) is 18.0 Å². The lowest BCUT2D eigenvalue weighted by atomic mass is 9.90. The third kappa shape index (κ3) is 3.78. The molecule has 0 aliphatic carbocycles. The van der Waals surface area contributed by atoms with Crippen LogP contribution in [0.4, 0.5) is 29.5 Å². The molecule has 154 valence electrons. The Morgan fingerprint density at radius 3 is 2.50 bits per heavy atom. The van der Waals surface area contributed by atoms with Crippen LogP contribution < -0.4 is 11.1 Å². The standard InChI is InChI=1S/C21H18F3N5O/c22-15-6-4-13(5-7-15)17-9-8-16(25)19(27-17)28-20(30)29-11-14(12-29)21(23,24)18-3-1-2-10-26-18/h1-10,14H,11-12,25H2,(H,27,28,30). The number of carbonyl (C=O) groups is 1. The summed E-state index contributed by atoms with van der Waals surface area (Å²) in [6, 6.07) is 12.7. The first-order valence-electron chi connectivity index (χ1n) is 9.22. The van der Waals surface area contributed by atoms with Crippen molar-refractivity contribution in [3.8, 4) is 11.3 Å². The molecule has 0 saturated carbocycles. The van der Waals surface area contributed by atoms with Crippen molar-refractivity contribution >= 4 is 17.5 Å². The molecule has 9 heteroatoms. The van der Waals surface area contributed by atoms with E-state index in [2.05, 4.69) is 15.3 Å². The maximum Gasteiger partial charge on any atom is 0.323 e. The monoisotopic (exact) mass is 413 g/mol. The Morgan fingerprint density at radius 1 is 1.10 bits per heavy atom.